The summed E-state index contributed by atoms with van der Waals surface area (Å²) < 4.78 is 0. The van der Waals surface area contributed by atoms with Gasteiger partial charge >= 0.3 is 0 Å². The predicted molar refractivity (Wildman–Crippen MR) is 95.5 cm³/mol. The van der Waals surface area contributed by atoms with Crippen molar-refractivity contribution in [3.63, 3.8) is 0 Å². The van der Waals surface area contributed by atoms with Crippen molar-refractivity contribution in [2.45, 2.75) is 69.9 Å². The summed E-state index contributed by atoms with van der Waals surface area (Å²) >= 11 is 1.42. The fraction of sp³-hybridized carbons (Fsp3) is 0.824. The summed E-state index contributed by atoms with van der Waals surface area (Å²) in [6.07, 6.45) is 7.04. The van der Waals surface area contributed by atoms with Gasteiger partial charge in [-0.25, -0.2) is 0 Å². The molecule has 6 nitrogen and oxygen atoms in total. The highest BCUT2D eigenvalue weighted by Crippen LogP contribution is 2.37. The first-order valence-electron chi connectivity index (χ1n) is 9.00. The van der Waals surface area contributed by atoms with Gasteiger partial charge in [0.1, 0.15) is 11.6 Å². The smallest absolute Gasteiger partial charge is 0.246 e. The summed E-state index contributed by atoms with van der Waals surface area (Å²) in [5, 5.41) is 3.01. The standard InChI is InChI=1S/C17H29N3O3S/c1-2-3-10-19-16(23)17(8-6-4-5-7-9-17)20-13(15(18)22)11-24-12-14(20)21/h13H,2-12H2,1H3,(H2,18,22)(H,19,23)/t13-/m0/s1. The van der Waals surface area contributed by atoms with Crippen LogP contribution in [0.2, 0.25) is 0 Å². The molecule has 3 N–H and O–H groups in total. The lowest BCUT2D eigenvalue weighted by atomic mass is 9.85. The number of nitrogens with two attached hydrogens (primary N) is 1. The van der Waals surface area contributed by atoms with Gasteiger partial charge in [0.2, 0.25) is 17.7 Å². The maximum atomic E-state index is 13.1. The van der Waals surface area contributed by atoms with Crippen molar-refractivity contribution in [3.8, 4) is 0 Å². The van der Waals surface area contributed by atoms with Crippen LogP contribution >= 0.6 is 11.8 Å². The second kappa shape index (κ2) is 8.74. The van der Waals surface area contributed by atoms with Crippen LogP contribution in [-0.2, 0) is 14.4 Å². The molecule has 0 radical (unpaired) electrons. The van der Waals surface area contributed by atoms with E-state index in [2.05, 4.69) is 12.2 Å². The molecular formula is C17H29N3O3S. The number of rotatable bonds is 6. The molecule has 1 atom stereocenters. The Labute approximate surface area is 148 Å². The summed E-state index contributed by atoms with van der Waals surface area (Å²) in [5.41, 5.74) is 4.65. The lowest BCUT2D eigenvalue weighted by Crippen LogP contribution is -2.68. The largest absolute Gasteiger partial charge is 0.368 e. The first-order chi connectivity index (χ1) is 11.5. The summed E-state index contributed by atoms with van der Waals surface area (Å²) in [6, 6.07) is -0.689. The van der Waals surface area contributed by atoms with E-state index in [-0.39, 0.29) is 11.8 Å². The van der Waals surface area contributed by atoms with Crippen molar-refractivity contribution in [1.29, 1.82) is 0 Å². The minimum absolute atomic E-state index is 0.107. The van der Waals surface area contributed by atoms with E-state index in [1.165, 1.54) is 11.8 Å². The van der Waals surface area contributed by atoms with E-state index in [1.54, 1.807) is 4.90 Å². The summed E-state index contributed by atoms with van der Waals surface area (Å²) in [5.74, 6) is 0.0335. The molecule has 0 unspecified atom stereocenters. The Kier molecular flexibility index (Phi) is 6.95. The molecule has 1 aliphatic heterocycles. The zero-order chi connectivity index (χ0) is 17.6. The average Bonchev–Trinajstić information content (AvgIpc) is 2.81. The van der Waals surface area contributed by atoms with Gasteiger partial charge in [0.05, 0.1) is 5.75 Å². The summed E-state index contributed by atoms with van der Waals surface area (Å²) in [4.78, 5) is 39.3. The first kappa shape index (κ1) is 19.1. The summed E-state index contributed by atoms with van der Waals surface area (Å²) in [7, 11) is 0. The SMILES string of the molecule is CCCCNC(=O)C1(N2C(=O)CSC[C@H]2C(N)=O)CCCCCC1. The predicted octanol–water partition coefficient (Wildman–Crippen LogP) is 1.42. The average molecular weight is 356 g/mol. The van der Waals surface area contributed by atoms with E-state index in [9.17, 15) is 14.4 Å². The Morgan fingerprint density at radius 1 is 1.29 bits per heavy atom. The van der Waals surface area contributed by atoms with Crippen LogP contribution in [0.15, 0.2) is 0 Å². The molecule has 2 fully saturated rings. The molecule has 7 heteroatoms. The van der Waals surface area contributed by atoms with Gasteiger partial charge in [0, 0.05) is 12.3 Å². The Balaban J connectivity index is 2.33. The number of unbranched alkanes of at least 4 members (excludes halogenated alkanes) is 1. The molecule has 1 aliphatic carbocycles. The molecule has 2 aliphatic rings. The number of hydrogen-bond donors (Lipinski definition) is 2. The number of thioether (sulfide) groups is 1. The second-order valence-electron chi connectivity index (χ2n) is 6.75. The van der Waals surface area contributed by atoms with E-state index < -0.39 is 17.5 Å². The molecule has 1 saturated heterocycles. The molecule has 0 bridgehead atoms. The molecule has 136 valence electrons. The van der Waals surface area contributed by atoms with Gasteiger partial charge in [-0.05, 0) is 19.3 Å². The van der Waals surface area contributed by atoms with E-state index in [0.717, 1.165) is 38.5 Å². The number of nitrogens with one attached hydrogen (secondary N) is 1. The quantitative estimate of drug-likeness (QED) is 0.557. The van der Waals surface area contributed by atoms with Crippen LogP contribution in [0.25, 0.3) is 0 Å². The van der Waals surface area contributed by atoms with Gasteiger partial charge in [-0.1, -0.05) is 39.0 Å². The van der Waals surface area contributed by atoms with Crippen molar-refractivity contribution in [2.24, 2.45) is 5.73 Å². The highest BCUT2D eigenvalue weighted by Gasteiger charge is 2.51. The van der Waals surface area contributed by atoms with Gasteiger partial charge in [-0.15, -0.1) is 11.8 Å². The molecule has 0 aromatic rings. The number of carbonyl (C=O) groups excluding carboxylic acids is 3. The molecule has 1 saturated carbocycles. The molecule has 0 aromatic carbocycles. The molecule has 24 heavy (non-hydrogen) atoms. The van der Waals surface area contributed by atoms with Crippen LogP contribution in [0.3, 0.4) is 0 Å². The minimum Gasteiger partial charge on any atom is -0.368 e. The molecule has 3 amide bonds. The topological polar surface area (TPSA) is 92.5 Å². The van der Waals surface area contributed by atoms with Crippen molar-refractivity contribution in [1.82, 2.24) is 10.2 Å². The summed E-state index contributed by atoms with van der Waals surface area (Å²) in [6.45, 7) is 2.68. The van der Waals surface area contributed by atoms with Crippen LogP contribution < -0.4 is 11.1 Å². The third-order valence-corrected chi connectivity index (χ3v) is 6.04. The molecule has 0 aromatic heterocycles. The third kappa shape index (κ3) is 4.05. The van der Waals surface area contributed by atoms with Crippen LogP contribution in [0.4, 0.5) is 0 Å². The van der Waals surface area contributed by atoms with Crippen LogP contribution in [0.1, 0.15) is 58.3 Å². The number of carbonyl (C=O) groups is 3. The Bertz CT molecular complexity index is 476. The monoisotopic (exact) mass is 355 g/mol. The maximum Gasteiger partial charge on any atom is 0.246 e. The first-order valence-corrected chi connectivity index (χ1v) is 10.2. The normalized spacial score (nSPS) is 24.3. The number of primary amides is 1. The van der Waals surface area contributed by atoms with E-state index in [0.29, 0.717) is 30.9 Å². The highest BCUT2D eigenvalue weighted by molar-refractivity contribution is 8.00. The minimum atomic E-state index is -0.915. The lowest BCUT2D eigenvalue weighted by Gasteiger charge is -2.47. The van der Waals surface area contributed by atoms with Crippen molar-refractivity contribution in [2.75, 3.05) is 18.1 Å². The van der Waals surface area contributed by atoms with Crippen molar-refractivity contribution in [3.05, 3.63) is 0 Å². The van der Waals surface area contributed by atoms with Crippen molar-refractivity contribution >= 4 is 29.5 Å². The van der Waals surface area contributed by atoms with E-state index in [1.807, 2.05) is 0 Å². The fourth-order valence-corrected chi connectivity index (χ4v) is 4.72. The van der Waals surface area contributed by atoms with Gasteiger partial charge in [-0.2, -0.15) is 0 Å². The highest BCUT2D eigenvalue weighted by atomic mass is 32.2. The lowest BCUT2D eigenvalue weighted by molar-refractivity contribution is -0.154. The Morgan fingerprint density at radius 2 is 1.96 bits per heavy atom. The molecule has 0 spiro atoms. The van der Waals surface area contributed by atoms with Crippen LogP contribution in [0.5, 0.6) is 0 Å². The molecule has 2 rings (SSSR count). The van der Waals surface area contributed by atoms with Crippen LogP contribution in [-0.4, -0.2) is 52.3 Å². The second-order valence-corrected chi connectivity index (χ2v) is 7.78. The Hall–Kier alpha value is -1.24. The zero-order valence-electron chi connectivity index (χ0n) is 14.5. The van der Waals surface area contributed by atoms with E-state index >= 15 is 0 Å². The maximum absolute atomic E-state index is 13.1. The zero-order valence-corrected chi connectivity index (χ0v) is 15.3. The third-order valence-electron chi connectivity index (χ3n) is 5.04. The molecular weight excluding hydrogens is 326 g/mol. The van der Waals surface area contributed by atoms with Gasteiger partial charge < -0.3 is 16.0 Å². The van der Waals surface area contributed by atoms with E-state index in [4.69, 9.17) is 5.73 Å². The Morgan fingerprint density at radius 3 is 2.54 bits per heavy atom. The molecule has 1 heterocycles. The number of nitrogens with zero attached hydrogens (tertiary/aromatic N) is 1. The van der Waals surface area contributed by atoms with Crippen LogP contribution in [0, 0.1) is 0 Å². The van der Waals surface area contributed by atoms with Gasteiger partial charge in [0.25, 0.3) is 0 Å². The van der Waals surface area contributed by atoms with Crippen molar-refractivity contribution < 1.29 is 14.4 Å². The van der Waals surface area contributed by atoms with Gasteiger partial charge in [-0.3, -0.25) is 14.4 Å². The fourth-order valence-electron chi connectivity index (χ4n) is 3.76. The number of amides is 3. The number of hydrogen-bond acceptors (Lipinski definition) is 4. The van der Waals surface area contributed by atoms with Gasteiger partial charge in [0.15, 0.2) is 0 Å².